The van der Waals surface area contributed by atoms with Crippen LogP contribution in [-0.2, 0) is 4.79 Å². The summed E-state index contributed by atoms with van der Waals surface area (Å²) in [7, 11) is 0. The van der Waals surface area contributed by atoms with Crippen molar-refractivity contribution in [2.75, 3.05) is 0 Å². The molecule has 0 aromatic heterocycles. The second-order valence-corrected chi connectivity index (χ2v) is 3.60. The van der Waals surface area contributed by atoms with Crippen molar-refractivity contribution in [3.05, 3.63) is 36.4 Å². The van der Waals surface area contributed by atoms with Crippen LogP contribution < -0.4 is 0 Å². The summed E-state index contributed by atoms with van der Waals surface area (Å²) in [6, 6.07) is 12.0. The molecule has 2 N–H and O–H groups in total. The number of rotatable bonds is 5. The topological polar surface area (TPSA) is 48.6 Å². The van der Waals surface area contributed by atoms with Crippen molar-refractivity contribution in [2.24, 2.45) is 5.92 Å². The molecule has 2 nitrogen and oxygen atoms in total. The third kappa shape index (κ3) is 10.9. The molecular formula is C14H24O2. The number of hydrogen-bond acceptors (Lipinski definition) is 1. The Morgan fingerprint density at radius 1 is 1.00 bits per heavy atom. The Bertz CT molecular complexity index is 195. The highest BCUT2D eigenvalue weighted by atomic mass is 16.1. The van der Waals surface area contributed by atoms with Gasteiger partial charge in [0.1, 0.15) is 6.29 Å². The number of hydrogen-bond donors (Lipinski definition) is 0. The predicted molar refractivity (Wildman–Crippen MR) is 69.4 cm³/mol. The highest BCUT2D eigenvalue weighted by Crippen LogP contribution is 2.08. The lowest BCUT2D eigenvalue weighted by atomic mass is 10.0. The van der Waals surface area contributed by atoms with Gasteiger partial charge in [-0.1, -0.05) is 63.1 Å². The van der Waals surface area contributed by atoms with Crippen LogP contribution in [0.15, 0.2) is 36.4 Å². The van der Waals surface area contributed by atoms with E-state index < -0.39 is 0 Å². The fourth-order valence-electron chi connectivity index (χ4n) is 1.22. The molecule has 92 valence electrons. The van der Waals surface area contributed by atoms with Crippen LogP contribution in [0.5, 0.6) is 0 Å². The van der Waals surface area contributed by atoms with E-state index in [-0.39, 0.29) is 5.48 Å². The molecular weight excluding hydrogens is 200 g/mol. The lowest BCUT2D eigenvalue weighted by molar-refractivity contribution is -0.111. The molecule has 2 heteroatoms. The molecule has 0 heterocycles. The van der Waals surface area contributed by atoms with Gasteiger partial charge >= 0.3 is 0 Å². The molecule has 0 saturated carbocycles. The standard InChI is InChI=1S/C8H16O.C6H6.H2O/c1-3-5-6-8(4-2)7-9;1-2-4-6-5-3-1;/h7-8H,3-6H2,1-2H3;1-6H;1H2. The zero-order valence-corrected chi connectivity index (χ0v) is 10.4. The number of carbonyl (C=O) groups is 1. The minimum Gasteiger partial charge on any atom is -0.412 e. The van der Waals surface area contributed by atoms with Crippen LogP contribution in [0, 0.1) is 5.92 Å². The molecule has 0 bridgehead atoms. The van der Waals surface area contributed by atoms with E-state index in [0.29, 0.717) is 5.92 Å². The Hall–Kier alpha value is -1.15. The Kier molecular flexibility index (Phi) is 14.9. The molecule has 0 radical (unpaired) electrons. The molecule has 0 aliphatic carbocycles. The highest BCUT2D eigenvalue weighted by molar-refractivity contribution is 5.53. The Balaban J connectivity index is 0. The van der Waals surface area contributed by atoms with Crippen molar-refractivity contribution >= 4 is 6.29 Å². The summed E-state index contributed by atoms with van der Waals surface area (Å²) in [5.41, 5.74) is 0. The third-order valence-corrected chi connectivity index (χ3v) is 2.31. The van der Waals surface area contributed by atoms with Gasteiger partial charge in [0.25, 0.3) is 0 Å². The van der Waals surface area contributed by atoms with Crippen molar-refractivity contribution < 1.29 is 10.3 Å². The Morgan fingerprint density at radius 3 is 1.69 bits per heavy atom. The summed E-state index contributed by atoms with van der Waals surface area (Å²) in [6.45, 7) is 4.21. The maximum atomic E-state index is 10.2. The van der Waals surface area contributed by atoms with Gasteiger partial charge in [-0.3, -0.25) is 0 Å². The molecule has 0 fully saturated rings. The van der Waals surface area contributed by atoms with Crippen molar-refractivity contribution in [1.82, 2.24) is 0 Å². The average molecular weight is 224 g/mol. The van der Waals surface area contributed by atoms with Crippen molar-refractivity contribution in [3.63, 3.8) is 0 Å². The van der Waals surface area contributed by atoms with E-state index in [4.69, 9.17) is 0 Å². The van der Waals surface area contributed by atoms with E-state index in [1.807, 2.05) is 36.4 Å². The predicted octanol–water partition coefficient (Wildman–Crippen LogP) is 3.26. The first-order valence-corrected chi connectivity index (χ1v) is 5.80. The maximum Gasteiger partial charge on any atom is 0.123 e. The average Bonchev–Trinajstić information content (AvgIpc) is 2.34. The number of aldehydes is 1. The lowest BCUT2D eigenvalue weighted by Crippen LogP contribution is -1.98. The highest BCUT2D eigenvalue weighted by Gasteiger charge is 2.01. The fraction of sp³-hybridized carbons (Fsp3) is 0.500. The van der Waals surface area contributed by atoms with E-state index in [1.54, 1.807) is 0 Å². The number of benzene rings is 1. The van der Waals surface area contributed by atoms with Crippen LogP contribution in [0.4, 0.5) is 0 Å². The first-order chi connectivity index (χ1) is 7.35. The number of carbonyl (C=O) groups excluding carboxylic acids is 1. The zero-order valence-electron chi connectivity index (χ0n) is 10.4. The Morgan fingerprint density at radius 2 is 1.44 bits per heavy atom. The second-order valence-electron chi connectivity index (χ2n) is 3.60. The number of unbranched alkanes of at least 4 members (excludes halogenated alkanes) is 1. The van der Waals surface area contributed by atoms with Gasteiger partial charge in [-0.2, -0.15) is 0 Å². The van der Waals surface area contributed by atoms with E-state index in [0.717, 1.165) is 19.1 Å². The maximum absolute atomic E-state index is 10.2. The van der Waals surface area contributed by atoms with Gasteiger partial charge in [0.15, 0.2) is 0 Å². The van der Waals surface area contributed by atoms with Gasteiger partial charge in [0, 0.05) is 5.92 Å². The summed E-state index contributed by atoms with van der Waals surface area (Å²) >= 11 is 0. The summed E-state index contributed by atoms with van der Waals surface area (Å²) in [4.78, 5) is 10.2. The van der Waals surface area contributed by atoms with Crippen molar-refractivity contribution in [1.29, 1.82) is 0 Å². The molecule has 0 aliphatic heterocycles. The largest absolute Gasteiger partial charge is 0.412 e. The van der Waals surface area contributed by atoms with Crippen LogP contribution >= 0.6 is 0 Å². The van der Waals surface area contributed by atoms with E-state index in [9.17, 15) is 4.79 Å². The summed E-state index contributed by atoms with van der Waals surface area (Å²) in [5.74, 6) is 0.324. The minimum atomic E-state index is 0. The van der Waals surface area contributed by atoms with E-state index >= 15 is 0 Å². The second kappa shape index (κ2) is 13.8. The van der Waals surface area contributed by atoms with Crippen LogP contribution in [0.2, 0.25) is 0 Å². The lowest BCUT2D eigenvalue weighted by Gasteiger charge is -2.03. The van der Waals surface area contributed by atoms with Crippen LogP contribution in [0.3, 0.4) is 0 Å². The molecule has 0 amide bonds. The molecule has 1 rings (SSSR count). The molecule has 1 unspecified atom stereocenters. The summed E-state index contributed by atoms with van der Waals surface area (Å²) < 4.78 is 0. The minimum absolute atomic E-state index is 0. The van der Waals surface area contributed by atoms with Crippen LogP contribution in [-0.4, -0.2) is 11.8 Å². The van der Waals surface area contributed by atoms with Gasteiger partial charge in [-0.15, -0.1) is 0 Å². The Labute approximate surface area is 99.0 Å². The van der Waals surface area contributed by atoms with Crippen LogP contribution in [0.1, 0.15) is 39.5 Å². The fourth-order valence-corrected chi connectivity index (χ4v) is 1.22. The van der Waals surface area contributed by atoms with Gasteiger partial charge in [0.2, 0.25) is 0 Å². The quantitative estimate of drug-likeness (QED) is 0.708. The molecule has 1 aromatic carbocycles. The van der Waals surface area contributed by atoms with Gasteiger partial charge in [-0.25, -0.2) is 0 Å². The molecule has 1 aromatic rings. The van der Waals surface area contributed by atoms with E-state index in [2.05, 4.69) is 13.8 Å². The molecule has 1 atom stereocenters. The summed E-state index contributed by atoms with van der Waals surface area (Å²) in [6.07, 6.45) is 5.55. The SMILES string of the molecule is CCCCC(C=O)CC.O.c1ccccc1. The monoisotopic (exact) mass is 224 g/mol. The van der Waals surface area contributed by atoms with Gasteiger partial charge in [0.05, 0.1) is 0 Å². The normalized spacial score (nSPS) is 10.4. The molecule has 0 saturated heterocycles. The van der Waals surface area contributed by atoms with Crippen LogP contribution in [0.25, 0.3) is 0 Å². The first-order valence-electron chi connectivity index (χ1n) is 5.80. The molecule has 0 aliphatic rings. The molecule has 0 spiro atoms. The first kappa shape index (κ1) is 17.3. The van der Waals surface area contributed by atoms with Crippen molar-refractivity contribution in [2.45, 2.75) is 39.5 Å². The van der Waals surface area contributed by atoms with Gasteiger partial charge in [-0.05, 0) is 12.8 Å². The smallest absolute Gasteiger partial charge is 0.123 e. The zero-order chi connectivity index (χ0) is 11.4. The van der Waals surface area contributed by atoms with E-state index in [1.165, 1.54) is 12.8 Å². The van der Waals surface area contributed by atoms with Gasteiger partial charge < -0.3 is 10.3 Å². The van der Waals surface area contributed by atoms with Crippen molar-refractivity contribution in [3.8, 4) is 0 Å². The third-order valence-electron chi connectivity index (χ3n) is 2.31. The summed E-state index contributed by atoms with van der Waals surface area (Å²) in [5, 5.41) is 0. The molecule has 16 heavy (non-hydrogen) atoms.